The zero-order valence-corrected chi connectivity index (χ0v) is 43.1. The molecule has 378 valence electrons. The summed E-state index contributed by atoms with van der Waals surface area (Å²) in [4.78, 5) is 68.3. The van der Waals surface area contributed by atoms with E-state index in [2.05, 4.69) is 39.2 Å². The molecule has 10 rings (SSSR count). The summed E-state index contributed by atoms with van der Waals surface area (Å²) in [6, 6.07) is 13.9. The van der Waals surface area contributed by atoms with Gasteiger partial charge < -0.3 is 48.9 Å². The summed E-state index contributed by atoms with van der Waals surface area (Å²) < 4.78 is 29.6. The number of piperidine rings is 1. The summed E-state index contributed by atoms with van der Waals surface area (Å²) in [5.41, 5.74) is -1.66. The number of carbonyl (C=O) groups excluding carboxylic acids is 4. The Bertz CT molecular complexity index is 2870. The first kappa shape index (κ1) is 49.3. The molecular formula is C54H63Cl2N5O10. The number of nitrogens with one attached hydrogen (secondary N) is 2. The molecule has 15 nitrogen and oxygen atoms in total. The number of hydrogen-bond acceptors (Lipinski definition) is 13. The van der Waals surface area contributed by atoms with Gasteiger partial charge in [0.05, 0.1) is 50.1 Å². The molecule has 2 bridgehead atoms. The van der Waals surface area contributed by atoms with Crippen LogP contribution in [0.1, 0.15) is 85.6 Å². The summed E-state index contributed by atoms with van der Waals surface area (Å²) in [6.45, 7) is 8.44. The summed E-state index contributed by atoms with van der Waals surface area (Å²) >= 11 is 13.1. The molecule has 3 N–H and O–H groups in total. The van der Waals surface area contributed by atoms with E-state index in [0.717, 1.165) is 22.0 Å². The monoisotopic (exact) mass is 1010 g/mol. The number of ether oxygens (including phenoxy) is 5. The van der Waals surface area contributed by atoms with Gasteiger partial charge in [0.2, 0.25) is 5.60 Å². The molecule has 3 aromatic carbocycles. The van der Waals surface area contributed by atoms with Gasteiger partial charge in [-0.1, -0.05) is 67.4 Å². The fraction of sp³-hybridized carbons (Fsp3) is 0.519. The van der Waals surface area contributed by atoms with E-state index in [1.807, 2.05) is 55.3 Å². The van der Waals surface area contributed by atoms with Crippen molar-refractivity contribution in [2.75, 3.05) is 73.1 Å². The van der Waals surface area contributed by atoms with Crippen LogP contribution in [-0.4, -0.2) is 141 Å². The number of aromatic amines is 1. The van der Waals surface area contributed by atoms with Crippen molar-refractivity contribution >= 4 is 63.6 Å². The highest BCUT2D eigenvalue weighted by atomic mass is 35.5. The molecule has 3 fully saturated rings. The number of nitrogens with zero attached hydrogens (tertiary/aromatic N) is 3. The van der Waals surface area contributed by atoms with Gasteiger partial charge in [0.1, 0.15) is 11.2 Å². The molecule has 2 saturated heterocycles. The van der Waals surface area contributed by atoms with Crippen LogP contribution in [0.2, 0.25) is 10.0 Å². The maximum atomic E-state index is 15.8. The molecule has 17 heteroatoms. The number of rotatable bonds is 10. The number of amides is 1. The normalized spacial score (nSPS) is 32.5. The third kappa shape index (κ3) is 6.92. The number of esters is 3. The number of likely N-dealkylation sites (N-methyl/N-ethyl adjacent to an activating group) is 1. The first-order valence-corrected chi connectivity index (χ1v) is 25.3. The number of hydrogen-bond donors (Lipinski definition) is 3. The van der Waals surface area contributed by atoms with Crippen LogP contribution < -0.4 is 19.7 Å². The molecule has 6 heterocycles. The van der Waals surface area contributed by atoms with Crippen LogP contribution in [0.5, 0.6) is 11.5 Å². The maximum absolute atomic E-state index is 15.8. The largest absolute Gasteiger partial charge is 0.496 e. The average Bonchev–Trinajstić information content (AvgIpc) is 4.02. The predicted octanol–water partition coefficient (Wildman–Crippen LogP) is 6.74. The van der Waals surface area contributed by atoms with E-state index in [1.165, 1.54) is 28.3 Å². The second-order valence-electron chi connectivity index (χ2n) is 20.7. The number of para-hydroxylation sites is 1. The Morgan fingerprint density at radius 1 is 0.901 bits per heavy atom. The molecule has 4 aromatic rings. The highest BCUT2D eigenvalue weighted by molar-refractivity contribution is 6.37. The standard InChI is InChI=1S/C54H63Cl2N5O10/c1-9-50(58-44(63)32-22-37(55)42(68-6)38(56)23-32)26-31-27-53(48(64)69-7,43-34(16-20-60(28-31)29-50)33-14-11-12-15-39(33)57-43)36-24-35-40(25-41(36)67-5)59(4)46-52(35)18-21-61-19-13-17-51(10-2,45(52)61)47(71-30(3)62)54(46,66)49(65)70-8/h11-15,17,22-25,31,45-47,57,66H,9-10,16,18-21,26-29H2,1-8H3,(H,58,63)/t31-,45+,46-,47-,50+,51-,52-,53+,54+/m1/s1. The van der Waals surface area contributed by atoms with E-state index in [1.54, 1.807) is 19.2 Å². The number of carbonyl (C=O) groups is 4. The van der Waals surface area contributed by atoms with E-state index >= 15 is 4.79 Å². The molecular weight excluding hydrogens is 950 g/mol. The van der Waals surface area contributed by atoms with E-state index in [9.17, 15) is 19.5 Å². The topological polar surface area (TPSA) is 172 Å². The van der Waals surface area contributed by atoms with Crippen molar-refractivity contribution in [2.45, 2.75) is 99.5 Å². The van der Waals surface area contributed by atoms with Gasteiger partial charge >= 0.3 is 17.9 Å². The van der Waals surface area contributed by atoms with Crippen molar-refractivity contribution in [2.24, 2.45) is 11.3 Å². The van der Waals surface area contributed by atoms with Gasteiger partial charge in [-0.15, -0.1) is 0 Å². The fourth-order valence-corrected chi connectivity index (χ4v) is 15.6. The third-order valence-corrected chi connectivity index (χ3v) is 18.0. The first-order valence-electron chi connectivity index (χ1n) is 24.6. The van der Waals surface area contributed by atoms with Crippen molar-refractivity contribution in [3.8, 4) is 11.5 Å². The maximum Gasteiger partial charge on any atom is 0.344 e. The third-order valence-electron chi connectivity index (χ3n) is 17.5. The zero-order valence-electron chi connectivity index (χ0n) is 41.6. The van der Waals surface area contributed by atoms with Crippen molar-refractivity contribution in [1.29, 1.82) is 0 Å². The van der Waals surface area contributed by atoms with Crippen LogP contribution in [0.4, 0.5) is 5.69 Å². The van der Waals surface area contributed by atoms with Crippen LogP contribution in [0, 0.1) is 11.3 Å². The Morgan fingerprint density at radius 3 is 2.30 bits per heavy atom. The van der Waals surface area contributed by atoms with Gasteiger partial charge in [0.25, 0.3) is 5.91 Å². The summed E-state index contributed by atoms with van der Waals surface area (Å²) in [7, 11) is 7.57. The van der Waals surface area contributed by atoms with Crippen LogP contribution in [0.3, 0.4) is 0 Å². The Labute approximate surface area is 424 Å². The molecule has 1 amide bonds. The quantitative estimate of drug-likeness (QED) is 0.0868. The molecule has 5 aliphatic heterocycles. The van der Waals surface area contributed by atoms with Gasteiger partial charge in [-0.05, 0) is 86.4 Å². The van der Waals surface area contributed by atoms with Gasteiger partial charge in [-0.25, -0.2) is 4.79 Å². The van der Waals surface area contributed by atoms with Gasteiger partial charge in [0, 0.05) is 96.5 Å². The summed E-state index contributed by atoms with van der Waals surface area (Å²) in [5.74, 6) is -1.84. The average molecular weight is 1010 g/mol. The van der Waals surface area contributed by atoms with Crippen LogP contribution in [0.15, 0.2) is 60.7 Å². The Hall–Kier alpha value is -5.32. The van der Waals surface area contributed by atoms with Gasteiger partial charge in [-0.2, -0.15) is 0 Å². The number of fused-ring (bicyclic) bond motifs is 6. The Kier molecular flexibility index (Phi) is 12.3. The highest BCUT2D eigenvalue weighted by Gasteiger charge is 2.80. The van der Waals surface area contributed by atoms with Crippen molar-refractivity contribution in [1.82, 2.24) is 20.1 Å². The van der Waals surface area contributed by atoms with Gasteiger partial charge in [0.15, 0.2) is 11.9 Å². The molecule has 0 radical (unpaired) electrons. The lowest BCUT2D eigenvalue weighted by Gasteiger charge is -2.63. The number of halogens is 2. The minimum Gasteiger partial charge on any atom is -0.496 e. The van der Waals surface area contributed by atoms with E-state index in [0.29, 0.717) is 93.1 Å². The zero-order chi connectivity index (χ0) is 50.6. The second-order valence-corrected chi connectivity index (χ2v) is 21.5. The number of aromatic nitrogens is 1. The molecule has 6 aliphatic rings. The number of benzene rings is 3. The van der Waals surface area contributed by atoms with Crippen LogP contribution in [0.25, 0.3) is 10.9 Å². The summed E-state index contributed by atoms with van der Waals surface area (Å²) in [5, 5.41) is 18.3. The van der Waals surface area contributed by atoms with E-state index in [4.69, 9.17) is 46.9 Å². The van der Waals surface area contributed by atoms with Crippen molar-refractivity contribution < 1.29 is 48.0 Å². The van der Waals surface area contributed by atoms with Gasteiger partial charge in [-0.3, -0.25) is 19.3 Å². The SMILES string of the molecule is CC[C@]1(NC(=O)c2cc(Cl)c(OC)c(Cl)c2)C[C@H]2CN(CCc3c([nH]c4ccccc34)[C@@](C(=O)OC)(c3cc4c(cc3OC)N(C)[C@H]3[C@@](O)(C(=O)OC)[C@H](OC(C)=O)[C@]5(CC)C=CCN6CC[C@]43[C@@H]65)C2)C1. The van der Waals surface area contributed by atoms with Crippen molar-refractivity contribution in [3.05, 3.63) is 98.7 Å². The lowest BCUT2D eigenvalue weighted by molar-refractivity contribution is -0.228. The predicted molar refractivity (Wildman–Crippen MR) is 269 cm³/mol. The second kappa shape index (κ2) is 17.7. The van der Waals surface area contributed by atoms with E-state index in [-0.39, 0.29) is 40.1 Å². The minimum atomic E-state index is -2.35. The molecule has 1 unspecified atom stereocenters. The van der Waals surface area contributed by atoms with Crippen LogP contribution >= 0.6 is 23.2 Å². The van der Waals surface area contributed by atoms with Crippen LogP contribution in [-0.2, 0) is 45.8 Å². The van der Waals surface area contributed by atoms with E-state index < -0.39 is 57.4 Å². The Morgan fingerprint density at radius 2 is 1.63 bits per heavy atom. The Balaban J connectivity index is 1.20. The number of methoxy groups -OCH3 is 4. The minimum absolute atomic E-state index is 0.197. The number of aliphatic hydroxyl groups is 1. The highest BCUT2D eigenvalue weighted by Crippen LogP contribution is 2.68. The number of anilines is 1. The molecule has 1 aromatic heterocycles. The van der Waals surface area contributed by atoms with Crippen molar-refractivity contribution in [3.63, 3.8) is 0 Å². The molecule has 1 saturated carbocycles. The number of H-pyrrole nitrogens is 1. The molecule has 1 spiro atoms. The fourth-order valence-electron chi connectivity index (χ4n) is 14.9. The lowest BCUT2D eigenvalue weighted by Crippen LogP contribution is -2.81. The first-order chi connectivity index (χ1) is 34.0. The summed E-state index contributed by atoms with van der Waals surface area (Å²) in [6.07, 6.45) is 5.67. The lowest BCUT2D eigenvalue weighted by atomic mass is 9.47. The molecule has 10 atom stereocenters. The molecule has 1 aliphatic carbocycles. The smallest absolute Gasteiger partial charge is 0.344 e. The molecule has 71 heavy (non-hydrogen) atoms.